The third-order valence-corrected chi connectivity index (χ3v) is 3.21. The van der Waals surface area contributed by atoms with Gasteiger partial charge in [-0.15, -0.1) is 0 Å². The Kier molecular flexibility index (Phi) is 4.69. The van der Waals surface area contributed by atoms with Crippen molar-refractivity contribution in [2.75, 3.05) is 14.2 Å². The molecule has 0 aliphatic carbocycles. The monoisotopic (exact) mass is 277 g/mol. The van der Waals surface area contributed by atoms with Crippen LogP contribution in [0.2, 0.25) is 0 Å². The molecule has 0 amide bonds. The van der Waals surface area contributed by atoms with Gasteiger partial charge in [-0.1, -0.05) is 12.1 Å². The molecule has 2 aromatic rings. The highest BCUT2D eigenvalue weighted by atomic mass is 19.1. The lowest BCUT2D eigenvalue weighted by Crippen LogP contribution is -2.19. The maximum atomic E-state index is 13.2. The van der Waals surface area contributed by atoms with E-state index in [0.717, 1.165) is 17.4 Å². The number of ether oxygens (including phenoxy) is 1. The van der Waals surface area contributed by atoms with Crippen LogP contribution in [0.15, 0.2) is 42.5 Å². The summed E-state index contributed by atoms with van der Waals surface area (Å²) in [6, 6.07) is 11.2. The fourth-order valence-electron chi connectivity index (χ4n) is 2.21. The topological polar surface area (TPSA) is 21.3 Å². The molecule has 1 unspecified atom stereocenters. The van der Waals surface area contributed by atoms with E-state index in [0.29, 0.717) is 12.0 Å². The number of hydrogen-bond donors (Lipinski definition) is 1. The van der Waals surface area contributed by atoms with Crippen LogP contribution in [0.3, 0.4) is 0 Å². The van der Waals surface area contributed by atoms with E-state index in [1.807, 2.05) is 31.3 Å². The summed E-state index contributed by atoms with van der Waals surface area (Å²) in [5.74, 6) is -0.353. The zero-order valence-electron chi connectivity index (χ0n) is 11.5. The van der Waals surface area contributed by atoms with Crippen molar-refractivity contribution in [3.8, 4) is 5.75 Å². The van der Waals surface area contributed by atoms with Crippen molar-refractivity contribution < 1.29 is 13.5 Å². The second-order valence-electron chi connectivity index (χ2n) is 4.60. The molecule has 0 saturated carbocycles. The van der Waals surface area contributed by atoms with Crippen LogP contribution in [0, 0.1) is 11.6 Å². The summed E-state index contributed by atoms with van der Waals surface area (Å²) in [6.07, 6.45) is 0.498. The van der Waals surface area contributed by atoms with Gasteiger partial charge in [-0.3, -0.25) is 0 Å². The van der Waals surface area contributed by atoms with Crippen molar-refractivity contribution >= 4 is 0 Å². The van der Waals surface area contributed by atoms with Crippen LogP contribution in [0.1, 0.15) is 17.2 Å². The van der Waals surface area contributed by atoms with Gasteiger partial charge in [0.05, 0.1) is 7.11 Å². The second kappa shape index (κ2) is 6.48. The molecule has 0 heterocycles. The average molecular weight is 277 g/mol. The minimum absolute atomic E-state index is 0.0358. The van der Waals surface area contributed by atoms with Crippen LogP contribution in [0.25, 0.3) is 0 Å². The van der Waals surface area contributed by atoms with Gasteiger partial charge >= 0.3 is 0 Å². The maximum Gasteiger partial charge on any atom is 0.126 e. The summed E-state index contributed by atoms with van der Waals surface area (Å²) in [5, 5.41) is 3.16. The lowest BCUT2D eigenvalue weighted by molar-refractivity contribution is 0.413. The quantitative estimate of drug-likeness (QED) is 0.903. The van der Waals surface area contributed by atoms with E-state index in [-0.39, 0.29) is 6.04 Å². The SMILES string of the molecule is CNC(Cc1cc(F)cc(F)c1)c1cccc(OC)c1. The van der Waals surface area contributed by atoms with Crippen molar-refractivity contribution in [2.45, 2.75) is 12.5 Å². The molecular formula is C16H17F2NO. The second-order valence-corrected chi connectivity index (χ2v) is 4.60. The molecule has 2 aromatic carbocycles. The summed E-state index contributed by atoms with van der Waals surface area (Å²) in [7, 11) is 3.43. The van der Waals surface area contributed by atoms with E-state index in [4.69, 9.17) is 4.74 Å². The molecule has 1 N–H and O–H groups in total. The van der Waals surface area contributed by atoms with Gasteiger partial charge in [0.25, 0.3) is 0 Å². The highest BCUT2D eigenvalue weighted by Gasteiger charge is 2.12. The van der Waals surface area contributed by atoms with Gasteiger partial charge < -0.3 is 10.1 Å². The number of likely N-dealkylation sites (N-methyl/N-ethyl adjacent to an activating group) is 1. The third kappa shape index (κ3) is 3.54. The Morgan fingerprint density at radius 3 is 2.40 bits per heavy atom. The van der Waals surface area contributed by atoms with Crippen LogP contribution in [-0.2, 0) is 6.42 Å². The highest BCUT2D eigenvalue weighted by Crippen LogP contribution is 2.23. The molecule has 0 aliphatic heterocycles. The van der Waals surface area contributed by atoms with Crippen LogP contribution in [0.5, 0.6) is 5.75 Å². The van der Waals surface area contributed by atoms with Gasteiger partial charge in [-0.05, 0) is 48.9 Å². The minimum Gasteiger partial charge on any atom is -0.497 e. The molecular weight excluding hydrogens is 260 g/mol. The molecule has 4 heteroatoms. The summed E-state index contributed by atoms with van der Waals surface area (Å²) in [4.78, 5) is 0. The van der Waals surface area contributed by atoms with Crippen LogP contribution < -0.4 is 10.1 Å². The first-order chi connectivity index (χ1) is 9.62. The molecule has 20 heavy (non-hydrogen) atoms. The number of rotatable bonds is 5. The Bertz CT molecular complexity index is 566. The number of benzene rings is 2. The van der Waals surface area contributed by atoms with Crippen molar-refractivity contribution in [1.82, 2.24) is 5.32 Å². The van der Waals surface area contributed by atoms with Gasteiger partial charge in [0.2, 0.25) is 0 Å². The molecule has 2 rings (SSSR count). The number of nitrogens with one attached hydrogen (secondary N) is 1. The molecule has 2 nitrogen and oxygen atoms in total. The first-order valence-corrected chi connectivity index (χ1v) is 6.38. The average Bonchev–Trinajstić information content (AvgIpc) is 2.44. The molecule has 0 saturated heterocycles. The van der Waals surface area contributed by atoms with Gasteiger partial charge in [0, 0.05) is 12.1 Å². The molecule has 0 aliphatic rings. The zero-order chi connectivity index (χ0) is 14.5. The fraction of sp³-hybridized carbons (Fsp3) is 0.250. The van der Waals surface area contributed by atoms with E-state index < -0.39 is 11.6 Å². The first kappa shape index (κ1) is 14.5. The third-order valence-electron chi connectivity index (χ3n) is 3.21. The Labute approximate surface area is 117 Å². The Morgan fingerprint density at radius 2 is 1.80 bits per heavy atom. The van der Waals surface area contributed by atoms with Crippen molar-refractivity contribution in [3.63, 3.8) is 0 Å². The number of methoxy groups -OCH3 is 1. The van der Waals surface area contributed by atoms with E-state index >= 15 is 0 Å². The Morgan fingerprint density at radius 1 is 1.10 bits per heavy atom. The van der Waals surface area contributed by atoms with Crippen molar-refractivity contribution in [2.24, 2.45) is 0 Å². The summed E-state index contributed by atoms with van der Waals surface area (Å²) >= 11 is 0. The van der Waals surface area contributed by atoms with Gasteiger partial charge in [0.1, 0.15) is 17.4 Å². The predicted octanol–water partition coefficient (Wildman–Crippen LogP) is 3.48. The van der Waals surface area contributed by atoms with E-state index in [1.54, 1.807) is 7.11 Å². The smallest absolute Gasteiger partial charge is 0.126 e. The molecule has 0 radical (unpaired) electrons. The molecule has 106 valence electrons. The Balaban J connectivity index is 2.23. The molecule has 0 bridgehead atoms. The summed E-state index contributed by atoms with van der Waals surface area (Å²) in [5.41, 5.74) is 1.63. The van der Waals surface area contributed by atoms with Crippen LogP contribution in [0.4, 0.5) is 8.78 Å². The minimum atomic E-state index is -0.555. The van der Waals surface area contributed by atoms with E-state index in [9.17, 15) is 8.78 Å². The van der Waals surface area contributed by atoms with Crippen molar-refractivity contribution in [1.29, 1.82) is 0 Å². The number of hydrogen-bond acceptors (Lipinski definition) is 2. The van der Waals surface area contributed by atoms with Crippen LogP contribution >= 0.6 is 0 Å². The molecule has 1 atom stereocenters. The molecule has 0 fully saturated rings. The largest absolute Gasteiger partial charge is 0.497 e. The van der Waals surface area contributed by atoms with Crippen molar-refractivity contribution in [3.05, 3.63) is 65.2 Å². The molecule has 0 aromatic heterocycles. The summed E-state index contributed by atoms with van der Waals surface area (Å²) in [6.45, 7) is 0. The lowest BCUT2D eigenvalue weighted by Gasteiger charge is -2.17. The normalized spacial score (nSPS) is 12.2. The van der Waals surface area contributed by atoms with Gasteiger partial charge in [0.15, 0.2) is 0 Å². The first-order valence-electron chi connectivity index (χ1n) is 6.38. The van der Waals surface area contributed by atoms with E-state index in [1.165, 1.54) is 12.1 Å². The number of halogens is 2. The predicted molar refractivity (Wildman–Crippen MR) is 74.9 cm³/mol. The van der Waals surface area contributed by atoms with Crippen LogP contribution in [-0.4, -0.2) is 14.2 Å². The lowest BCUT2D eigenvalue weighted by atomic mass is 9.98. The van der Waals surface area contributed by atoms with E-state index in [2.05, 4.69) is 5.32 Å². The fourth-order valence-corrected chi connectivity index (χ4v) is 2.21. The summed E-state index contributed by atoms with van der Waals surface area (Å²) < 4.78 is 31.6. The molecule has 0 spiro atoms. The standard InChI is InChI=1S/C16H17F2NO/c1-19-16(12-4-3-5-15(9-12)20-2)8-11-6-13(17)10-14(18)7-11/h3-7,9-10,16,19H,8H2,1-2H3. The highest BCUT2D eigenvalue weighted by molar-refractivity contribution is 5.32. The zero-order valence-corrected chi connectivity index (χ0v) is 11.5. The maximum absolute atomic E-state index is 13.2. The van der Waals surface area contributed by atoms with Gasteiger partial charge in [-0.2, -0.15) is 0 Å². The van der Waals surface area contributed by atoms with Gasteiger partial charge in [-0.25, -0.2) is 8.78 Å². The Hall–Kier alpha value is -1.94.